The Morgan fingerprint density at radius 3 is 2.67 bits per heavy atom. The Hall–Kier alpha value is -1.67. The van der Waals surface area contributed by atoms with Gasteiger partial charge < -0.3 is 5.11 Å². The van der Waals surface area contributed by atoms with Crippen molar-refractivity contribution >= 4 is 21.9 Å². The molecule has 0 unspecified atom stereocenters. The van der Waals surface area contributed by atoms with E-state index in [2.05, 4.69) is 14.4 Å². The Balaban J connectivity index is 2.66. The van der Waals surface area contributed by atoms with Crippen molar-refractivity contribution < 1.29 is 18.3 Å². The second-order valence-electron chi connectivity index (χ2n) is 3.61. The number of carboxylic acids is 1. The standard InChI is InChI=1S/C10H15N3O4S/c1-2-5-12-18(16,17)13-9-4-3-8(11-7-9)6-10(14)15/h3-4,7,12-13H,2,5-6H2,1H3,(H,14,15). The SMILES string of the molecule is CCCNS(=O)(=O)Nc1ccc(CC(=O)O)nc1. The molecule has 1 aromatic rings. The average molecular weight is 273 g/mol. The summed E-state index contributed by atoms with van der Waals surface area (Å²) in [5.41, 5.74) is 0.653. The Morgan fingerprint density at radius 1 is 1.44 bits per heavy atom. The zero-order valence-corrected chi connectivity index (χ0v) is 10.7. The van der Waals surface area contributed by atoms with Gasteiger partial charge in [0.1, 0.15) is 0 Å². The third kappa shape index (κ3) is 5.11. The molecule has 0 saturated heterocycles. The molecule has 0 atom stereocenters. The van der Waals surface area contributed by atoms with E-state index in [0.29, 0.717) is 18.7 Å². The summed E-state index contributed by atoms with van der Waals surface area (Å²) >= 11 is 0. The normalized spacial score (nSPS) is 11.2. The number of hydrogen-bond acceptors (Lipinski definition) is 4. The molecule has 0 aliphatic rings. The Morgan fingerprint density at radius 2 is 2.17 bits per heavy atom. The number of aliphatic carboxylic acids is 1. The number of anilines is 1. The summed E-state index contributed by atoms with van der Waals surface area (Å²) in [5, 5.41) is 8.56. The molecule has 8 heteroatoms. The van der Waals surface area contributed by atoms with Crippen LogP contribution in [0.1, 0.15) is 19.0 Å². The van der Waals surface area contributed by atoms with E-state index >= 15 is 0 Å². The summed E-state index contributed by atoms with van der Waals surface area (Å²) in [4.78, 5) is 14.3. The molecule has 0 amide bonds. The molecular formula is C10H15N3O4S. The minimum Gasteiger partial charge on any atom is -0.481 e. The van der Waals surface area contributed by atoms with E-state index in [-0.39, 0.29) is 12.1 Å². The fraction of sp³-hybridized carbons (Fsp3) is 0.400. The van der Waals surface area contributed by atoms with Crippen LogP contribution in [0, 0.1) is 0 Å². The highest BCUT2D eigenvalue weighted by atomic mass is 32.2. The molecule has 100 valence electrons. The first kappa shape index (κ1) is 14.4. The van der Waals surface area contributed by atoms with Gasteiger partial charge in [-0.1, -0.05) is 6.92 Å². The van der Waals surface area contributed by atoms with Crippen molar-refractivity contribution in [2.75, 3.05) is 11.3 Å². The average Bonchev–Trinajstić information content (AvgIpc) is 2.28. The molecule has 0 saturated carbocycles. The van der Waals surface area contributed by atoms with Crippen molar-refractivity contribution in [3.8, 4) is 0 Å². The fourth-order valence-corrected chi connectivity index (χ4v) is 2.15. The van der Waals surface area contributed by atoms with Crippen LogP contribution in [0.4, 0.5) is 5.69 Å². The van der Waals surface area contributed by atoms with Crippen molar-refractivity contribution in [1.29, 1.82) is 0 Å². The molecule has 0 bridgehead atoms. The molecule has 0 aromatic carbocycles. The monoisotopic (exact) mass is 273 g/mol. The molecule has 1 rings (SSSR count). The van der Waals surface area contributed by atoms with Gasteiger partial charge in [0.25, 0.3) is 10.2 Å². The topological polar surface area (TPSA) is 108 Å². The largest absolute Gasteiger partial charge is 0.481 e. The first-order chi connectivity index (χ1) is 8.43. The molecule has 7 nitrogen and oxygen atoms in total. The van der Waals surface area contributed by atoms with E-state index < -0.39 is 16.2 Å². The van der Waals surface area contributed by atoms with E-state index in [0.717, 1.165) is 0 Å². The van der Waals surface area contributed by atoms with Gasteiger partial charge in [0, 0.05) is 6.54 Å². The number of aromatic nitrogens is 1. The predicted molar refractivity (Wildman–Crippen MR) is 66.4 cm³/mol. The van der Waals surface area contributed by atoms with Gasteiger partial charge in [-0.25, -0.2) is 0 Å². The zero-order valence-electron chi connectivity index (χ0n) is 9.88. The van der Waals surface area contributed by atoms with Crippen molar-refractivity contribution in [1.82, 2.24) is 9.71 Å². The zero-order chi connectivity index (χ0) is 13.6. The molecule has 1 aromatic heterocycles. The summed E-state index contributed by atoms with van der Waals surface area (Å²) in [6.07, 6.45) is 1.78. The lowest BCUT2D eigenvalue weighted by atomic mass is 10.3. The van der Waals surface area contributed by atoms with E-state index in [1.54, 1.807) is 0 Å². The highest BCUT2D eigenvalue weighted by Crippen LogP contribution is 2.08. The molecule has 0 aliphatic heterocycles. The number of carbonyl (C=O) groups is 1. The van der Waals surface area contributed by atoms with Crippen LogP contribution in [0.25, 0.3) is 0 Å². The molecule has 18 heavy (non-hydrogen) atoms. The van der Waals surface area contributed by atoms with Crippen LogP contribution in [0.15, 0.2) is 18.3 Å². The second kappa shape index (κ2) is 6.31. The number of hydrogen-bond donors (Lipinski definition) is 3. The number of carboxylic acid groups (broad SMARTS) is 1. The molecule has 3 N–H and O–H groups in total. The summed E-state index contributed by atoms with van der Waals surface area (Å²) in [6.45, 7) is 2.20. The lowest BCUT2D eigenvalue weighted by Gasteiger charge is -2.08. The van der Waals surface area contributed by atoms with E-state index in [4.69, 9.17) is 5.11 Å². The minimum atomic E-state index is -3.59. The molecular weight excluding hydrogens is 258 g/mol. The maximum absolute atomic E-state index is 11.5. The highest BCUT2D eigenvalue weighted by Gasteiger charge is 2.09. The highest BCUT2D eigenvalue weighted by molar-refractivity contribution is 7.90. The first-order valence-electron chi connectivity index (χ1n) is 5.37. The lowest BCUT2D eigenvalue weighted by Crippen LogP contribution is -2.30. The van der Waals surface area contributed by atoms with Gasteiger partial charge in [-0.15, -0.1) is 0 Å². The van der Waals surface area contributed by atoms with Crippen molar-refractivity contribution in [3.05, 3.63) is 24.0 Å². The smallest absolute Gasteiger partial charge is 0.309 e. The van der Waals surface area contributed by atoms with Gasteiger partial charge in [-0.05, 0) is 18.6 Å². The van der Waals surface area contributed by atoms with Gasteiger partial charge >= 0.3 is 5.97 Å². The van der Waals surface area contributed by atoms with E-state index in [1.807, 2.05) is 6.92 Å². The Bertz CT molecular complexity index is 498. The van der Waals surface area contributed by atoms with Crippen LogP contribution in [0.5, 0.6) is 0 Å². The molecule has 0 fully saturated rings. The maximum atomic E-state index is 11.5. The third-order valence-corrected chi connectivity index (χ3v) is 3.04. The van der Waals surface area contributed by atoms with Crippen molar-refractivity contribution in [3.63, 3.8) is 0 Å². The van der Waals surface area contributed by atoms with Gasteiger partial charge in [0.05, 0.1) is 24.0 Å². The van der Waals surface area contributed by atoms with E-state index in [9.17, 15) is 13.2 Å². The first-order valence-corrected chi connectivity index (χ1v) is 6.85. The molecule has 0 aliphatic carbocycles. The Kier molecular flexibility index (Phi) is 5.05. The minimum absolute atomic E-state index is 0.193. The van der Waals surface area contributed by atoms with Gasteiger partial charge in [0.15, 0.2) is 0 Å². The van der Waals surface area contributed by atoms with Crippen LogP contribution in [0.3, 0.4) is 0 Å². The van der Waals surface area contributed by atoms with Crippen LogP contribution in [0.2, 0.25) is 0 Å². The second-order valence-corrected chi connectivity index (χ2v) is 5.11. The van der Waals surface area contributed by atoms with Gasteiger partial charge in [-0.3, -0.25) is 14.5 Å². The van der Waals surface area contributed by atoms with E-state index in [1.165, 1.54) is 18.3 Å². The summed E-state index contributed by atoms with van der Waals surface area (Å²) in [6, 6.07) is 2.93. The van der Waals surface area contributed by atoms with Crippen LogP contribution in [-0.4, -0.2) is 31.0 Å². The molecule has 0 spiro atoms. The van der Waals surface area contributed by atoms with Gasteiger partial charge in [-0.2, -0.15) is 13.1 Å². The van der Waals surface area contributed by atoms with Crippen LogP contribution in [-0.2, 0) is 21.4 Å². The summed E-state index contributed by atoms with van der Waals surface area (Å²) in [5.74, 6) is -0.986. The van der Waals surface area contributed by atoms with Crippen molar-refractivity contribution in [2.45, 2.75) is 19.8 Å². The maximum Gasteiger partial charge on any atom is 0.309 e. The predicted octanol–water partition coefficient (Wildman–Crippen LogP) is 0.365. The number of nitrogens with one attached hydrogen (secondary N) is 2. The quantitative estimate of drug-likeness (QED) is 0.665. The van der Waals surface area contributed by atoms with Crippen molar-refractivity contribution in [2.24, 2.45) is 0 Å². The summed E-state index contributed by atoms with van der Waals surface area (Å²) < 4.78 is 27.6. The van der Waals surface area contributed by atoms with Gasteiger partial charge in [0.2, 0.25) is 0 Å². The number of pyridine rings is 1. The fourth-order valence-electron chi connectivity index (χ4n) is 1.17. The summed E-state index contributed by atoms with van der Waals surface area (Å²) in [7, 11) is -3.59. The Labute approximate surface area is 105 Å². The molecule has 1 heterocycles. The number of nitrogens with zero attached hydrogens (tertiary/aromatic N) is 1. The van der Waals surface area contributed by atoms with Crippen LogP contribution < -0.4 is 9.44 Å². The molecule has 0 radical (unpaired) electrons. The van der Waals surface area contributed by atoms with Crippen LogP contribution >= 0.6 is 0 Å². The lowest BCUT2D eigenvalue weighted by molar-refractivity contribution is -0.136. The third-order valence-electron chi connectivity index (χ3n) is 1.95. The number of rotatable bonds is 7.